The van der Waals surface area contributed by atoms with Crippen molar-refractivity contribution in [2.75, 3.05) is 24.1 Å². The highest BCUT2D eigenvalue weighted by Gasteiger charge is 2.17. The van der Waals surface area contributed by atoms with Crippen LogP contribution in [0.4, 0.5) is 0 Å². The zero-order valence-corrected chi connectivity index (χ0v) is 10.2. The number of likely N-dealkylation sites (tertiary alicyclic amines) is 1. The van der Waals surface area contributed by atoms with Crippen molar-refractivity contribution < 1.29 is 0 Å². The lowest BCUT2D eigenvalue weighted by Crippen LogP contribution is -2.34. The maximum absolute atomic E-state index is 2.61. The quantitative estimate of drug-likeness (QED) is 0.565. The third kappa shape index (κ3) is 3.60. The molecule has 0 aliphatic carbocycles. The molecule has 72 valence electrons. The van der Waals surface area contributed by atoms with Gasteiger partial charge in [-0.3, -0.25) is 0 Å². The zero-order valence-electron chi connectivity index (χ0n) is 8.06. The number of piperidine rings is 1. The second-order valence-corrected chi connectivity index (χ2v) is 4.84. The van der Waals surface area contributed by atoms with Crippen LogP contribution in [0, 0.1) is 5.92 Å². The molecule has 1 rings (SSSR count). The second kappa shape index (κ2) is 6.19. The van der Waals surface area contributed by atoms with Crippen LogP contribution in [0.5, 0.6) is 0 Å². The van der Waals surface area contributed by atoms with Crippen molar-refractivity contribution in [3.63, 3.8) is 0 Å². The Balaban J connectivity index is 2.11. The van der Waals surface area contributed by atoms with Crippen LogP contribution in [0.2, 0.25) is 0 Å². The van der Waals surface area contributed by atoms with Crippen LogP contribution >= 0.6 is 22.6 Å². The van der Waals surface area contributed by atoms with Crippen LogP contribution in [0.15, 0.2) is 0 Å². The Bertz CT molecular complexity index is 94.4. The molecule has 0 aromatic rings. The second-order valence-electron chi connectivity index (χ2n) is 3.76. The fourth-order valence-corrected chi connectivity index (χ4v) is 2.85. The molecule has 0 unspecified atom stereocenters. The van der Waals surface area contributed by atoms with E-state index >= 15 is 0 Å². The monoisotopic (exact) mass is 281 g/mol. The molecular weight excluding hydrogens is 261 g/mol. The molecule has 1 nitrogen and oxygen atoms in total. The van der Waals surface area contributed by atoms with Crippen molar-refractivity contribution in [2.24, 2.45) is 5.92 Å². The van der Waals surface area contributed by atoms with E-state index in [2.05, 4.69) is 34.4 Å². The van der Waals surface area contributed by atoms with Gasteiger partial charge in [0.25, 0.3) is 0 Å². The summed E-state index contributed by atoms with van der Waals surface area (Å²) in [5, 5.41) is 0. The normalized spacial score (nSPS) is 21.5. The lowest BCUT2D eigenvalue weighted by Gasteiger charge is -2.31. The van der Waals surface area contributed by atoms with Crippen molar-refractivity contribution >= 4 is 22.6 Å². The van der Waals surface area contributed by atoms with Crippen molar-refractivity contribution in [1.82, 2.24) is 4.90 Å². The van der Waals surface area contributed by atoms with Crippen LogP contribution in [-0.4, -0.2) is 29.0 Å². The first-order valence-electron chi connectivity index (χ1n) is 5.15. The number of alkyl halides is 1. The molecule has 0 amide bonds. The Hall–Kier alpha value is 0.690. The lowest BCUT2D eigenvalue weighted by molar-refractivity contribution is 0.183. The molecule has 12 heavy (non-hydrogen) atoms. The van der Waals surface area contributed by atoms with E-state index in [1.807, 2.05) is 0 Å². The van der Waals surface area contributed by atoms with E-state index in [0.717, 1.165) is 5.92 Å². The maximum atomic E-state index is 2.61. The standard InChI is InChI=1S/C10H20IN/c1-2-7-12-8-4-10(3-6-11)5-9-12/h10H,2-9H2,1H3. The van der Waals surface area contributed by atoms with Crippen LogP contribution < -0.4 is 0 Å². The van der Waals surface area contributed by atoms with Gasteiger partial charge in [0.15, 0.2) is 0 Å². The van der Waals surface area contributed by atoms with Gasteiger partial charge in [0.1, 0.15) is 0 Å². The minimum atomic E-state index is 1.04. The summed E-state index contributed by atoms with van der Waals surface area (Å²) in [7, 11) is 0. The van der Waals surface area contributed by atoms with Crippen molar-refractivity contribution in [2.45, 2.75) is 32.6 Å². The molecule has 1 aliphatic rings. The van der Waals surface area contributed by atoms with Gasteiger partial charge in [-0.05, 0) is 55.7 Å². The zero-order chi connectivity index (χ0) is 8.81. The summed E-state index contributed by atoms with van der Waals surface area (Å²) in [6, 6.07) is 0. The number of nitrogens with zero attached hydrogens (tertiary/aromatic N) is 1. The highest BCUT2D eigenvalue weighted by molar-refractivity contribution is 14.1. The Morgan fingerprint density at radius 3 is 2.50 bits per heavy atom. The van der Waals surface area contributed by atoms with E-state index in [0.29, 0.717) is 0 Å². The summed E-state index contributed by atoms with van der Waals surface area (Å²) in [6.07, 6.45) is 5.66. The van der Waals surface area contributed by atoms with Gasteiger partial charge in [-0.1, -0.05) is 29.5 Å². The largest absolute Gasteiger partial charge is 0.303 e. The first-order valence-corrected chi connectivity index (χ1v) is 6.67. The van der Waals surface area contributed by atoms with Gasteiger partial charge in [-0.15, -0.1) is 0 Å². The van der Waals surface area contributed by atoms with E-state index in [1.54, 1.807) is 0 Å². The highest BCUT2D eigenvalue weighted by atomic mass is 127. The Morgan fingerprint density at radius 1 is 1.33 bits per heavy atom. The molecule has 1 aliphatic heterocycles. The van der Waals surface area contributed by atoms with Crippen molar-refractivity contribution in [3.8, 4) is 0 Å². The Kier molecular flexibility index (Phi) is 5.56. The number of hydrogen-bond acceptors (Lipinski definition) is 1. The third-order valence-electron chi connectivity index (χ3n) is 2.76. The predicted molar refractivity (Wildman–Crippen MR) is 63.0 cm³/mol. The summed E-state index contributed by atoms with van der Waals surface area (Å²) >= 11 is 2.50. The number of hydrogen-bond donors (Lipinski definition) is 0. The summed E-state index contributed by atoms with van der Waals surface area (Å²) < 4.78 is 1.34. The molecule has 0 aromatic heterocycles. The maximum Gasteiger partial charge on any atom is -0.000208 e. The molecule has 1 saturated heterocycles. The minimum Gasteiger partial charge on any atom is -0.303 e. The average molecular weight is 281 g/mol. The Morgan fingerprint density at radius 2 is 2.00 bits per heavy atom. The van der Waals surface area contributed by atoms with Gasteiger partial charge in [-0.2, -0.15) is 0 Å². The van der Waals surface area contributed by atoms with Gasteiger partial charge < -0.3 is 4.90 Å². The summed E-state index contributed by atoms with van der Waals surface area (Å²) in [5.74, 6) is 1.04. The first kappa shape index (κ1) is 10.8. The molecule has 0 bridgehead atoms. The van der Waals surface area contributed by atoms with Crippen LogP contribution in [0.25, 0.3) is 0 Å². The topological polar surface area (TPSA) is 3.24 Å². The van der Waals surface area contributed by atoms with Crippen LogP contribution in [0.3, 0.4) is 0 Å². The molecule has 0 aromatic carbocycles. The summed E-state index contributed by atoms with van der Waals surface area (Å²) in [5.41, 5.74) is 0. The molecule has 0 atom stereocenters. The van der Waals surface area contributed by atoms with Gasteiger partial charge in [-0.25, -0.2) is 0 Å². The molecule has 2 heteroatoms. The smallest absolute Gasteiger partial charge is 0.000208 e. The first-order chi connectivity index (χ1) is 5.86. The molecular formula is C10H20IN. The molecule has 1 heterocycles. The summed E-state index contributed by atoms with van der Waals surface area (Å²) in [4.78, 5) is 2.61. The van der Waals surface area contributed by atoms with Crippen molar-refractivity contribution in [1.29, 1.82) is 0 Å². The van der Waals surface area contributed by atoms with E-state index in [1.165, 1.54) is 49.7 Å². The van der Waals surface area contributed by atoms with Crippen LogP contribution in [0.1, 0.15) is 32.6 Å². The molecule has 1 fully saturated rings. The van der Waals surface area contributed by atoms with E-state index in [9.17, 15) is 0 Å². The molecule has 0 N–H and O–H groups in total. The number of halogens is 1. The van der Waals surface area contributed by atoms with E-state index in [-0.39, 0.29) is 0 Å². The number of rotatable bonds is 4. The third-order valence-corrected chi connectivity index (χ3v) is 3.39. The Labute approximate surface area is 90.0 Å². The van der Waals surface area contributed by atoms with Crippen molar-refractivity contribution in [3.05, 3.63) is 0 Å². The van der Waals surface area contributed by atoms with Gasteiger partial charge >= 0.3 is 0 Å². The molecule has 0 radical (unpaired) electrons. The van der Waals surface area contributed by atoms with Gasteiger partial charge in [0.05, 0.1) is 0 Å². The molecule has 0 saturated carbocycles. The molecule has 0 spiro atoms. The lowest BCUT2D eigenvalue weighted by atomic mass is 9.94. The van der Waals surface area contributed by atoms with Gasteiger partial charge in [0, 0.05) is 0 Å². The van der Waals surface area contributed by atoms with E-state index in [4.69, 9.17) is 0 Å². The highest BCUT2D eigenvalue weighted by Crippen LogP contribution is 2.21. The minimum absolute atomic E-state index is 1.04. The average Bonchev–Trinajstić information content (AvgIpc) is 2.09. The predicted octanol–water partition coefficient (Wildman–Crippen LogP) is 2.93. The van der Waals surface area contributed by atoms with E-state index < -0.39 is 0 Å². The SMILES string of the molecule is CCCN1CCC(CCI)CC1. The fraction of sp³-hybridized carbons (Fsp3) is 1.00. The summed E-state index contributed by atoms with van der Waals surface area (Å²) in [6.45, 7) is 6.30. The van der Waals surface area contributed by atoms with Crippen LogP contribution in [-0.2, 0) is 0 Å². The van der Waals surface area contributed by atoms with Gasteiger partial charge in [0.2, 0.25) is 0 Å². The fourth-order valence-electron chi connectivity index (χ4n) is 1.97.